The van der Waals surface area contributed by atoms with Gasteiger partial charge in [-0.1, -0.05) is 26.7 Å². The molecule has 0 bridgehead atoms. The van der Waals surface area contributed by atoms with E-state index in [1.807, 2.05) is 18.7 Å². The topological polar surface area (TPSA) is 54.5 Å². The SMILES string of the molecule is CC(C)CS(=O)(=O)C1CCN(C(=O)C2CCCC2)CC1. The molecule has 4 nitrogen and oxygen atoms in total. The summed E-state index contributed by atoms with van der Waals surface area (Å²) >= 11 is 0. The fraction of sp³-hybridized carbons (Fsp3) is 0.933. The summed E-state index contributed by atoms with van der Waals surface area (Å²) in [7, 11) is -2.99. The van der Waals surface area contributed by atoms with Crippen LogP contribution in [0.3, 0.4) is 0 Å². The van der Waals surface area contributed by atoms with E-state index in [9.17, 15) is 13.2 Å². The third-order valence-corrected chi connectivity index (χ3v) is 7.15. The van der Waals surface area contributed by atoms with Crippen molar-refractivity contribution in [3.05, 3.63) is 0 Å². The van der Waals surface area contributed by atoms with E-state index in [1.165, 1.54) is 0 Å². The molecule has 116 valence electrons. The molecule has 1 saturated heterocycles. The summed E-state index contributed by atoms with van der Waals surface area (Å²) in [6.45, 7) is 5.13. The summed E-state index contributed by atoms with van der Waals surface area (Å²) in [5.74, 6) is 0.924. The number of hydrogen-bond donors (Lipinski definition) is 0. The Balaban J connectivity index is 1.87. The zero-order chi connectivity index (χ0) is 14.8. The van der Waals surface area contributed by atoms with Crippen molar-refractivity contribution in [1.82, 2.24) is 4.90 Å². The van der Waals surface area contributed by atoms with Gasteiger partial charge in [-0.3, -0.25) is 4.79 Å². The van der Waals surface area contributed by atoms with Gasteiger partial charge >= 0.3 is 0 Å². The maximum Gasteiger partial charge on any atom is 0.225 e. The zero-order valence-electron chi connectivity index (χ0n) is 12.7. The molecule has 1 aliphatic heterocycles. The first-order valence-corrected chi connectivity index (χ1v) is 9.62. The van der Waals surface area contributed by atoms with Gasteiger partial charge in [-0.05, 0) is 31.6 Å². The molecular formula is C15H27NO3S. The largest absolute Gasteiger partial charge is 0.342 e. The van der Waals surface area contributed by atoms with E-state index in [0.717, 1.165) is 25.7 Å². The number of carbonyl (C=O) groups is 1. The highest BCUT2D eigenvalue weighted by atomic mass is 32.2. The van der Waals surface area contributed by atoms with Crippen LogP contribution in [0, 0.1) is 11.8 Å². The summed E-state index contributed by atoms with van der Waals surface area (Å²) in [5.41, 5.74) is 0. The van der Waals surface area contributed by atoms with E-state index in [0.29, 0.717) is 25.9 Å². The minimum absolute atomic E-state index is 0.179. The molecule has 1 heterocycles. The monoisotopic (exact) mass is 301 g/mol. The van der Waals surface area contributed by atoms with Gasteiger partial charge in [-0.2, -0.15) is 0 Å². The van der Waals surface area contributed by atoms with Gasteiger partial charge in [0.15, 0.2) is 9.84 Å². The Morgan fingerprint density at radius 2 is 1.65 bits per heavy atom. The molecular weight excluding hydrogens is 274 g/mol. The van der Waals surface area contributed by atoms with E-state index in [2.05, 4.69) is 0 Å². The smallest absolute Gasteiger partial charge is 0.225 e. The van der Waals surface area contributed by atoms with Crippen molar-refractivity contribution in [3.8, 4) is 0 Å². The summed E-state index contributed by atoms with van der Waals surface area (Å²) in [6.07, 6.45) is 5.60. The minimum atomic E-state index is -2.99. The van der Waals surface area contributed by atoms with Gasteiger partial charge in [0.05, 0.1) is 11.0 Å². The van der Waals surface area contributed by atoms with Crippen molar-refractivity contribution in [1.29, 1.82) is 0 Å². The second-order valence-corrected chi connectivity index (χ2v) is 9.06. The Labute approximate surface area is 122 Å². The molecule has 1 aliphatic carbocycles. The van der Waals surface area contributed by atoms with E-state index in [-0.39, 0.29) is 28.7 Å². The van der Waals surface area contributed by atoms with Crippen molar-refractivity contribution in [2.24, 2.45) is 11.8 Å². The lowest BCUT2D eigenvalue weighted by molar-refractivity contribution is -0.136. The second-order valence-electron chi connectivity index (χ2n) is 6.73. The molecule has 5 heteroatoms. The molecule has 2 rings (SSSR count). The highest BCUT2D eigenvalue weighted by Crippen LogP contribution is 2.28. The second kappa shape index (κ2) is 6.46. The molecule has 1 amide bonds. The van der Waals surface area contributed by atoms with Crippen molar-refractivity contribution in [2.45, 2.75) is 57.6 Å². The minimum Gasteiger partial charge on any atom is -0.342 e. The van der Waals surface area contributed by atoms with Crippen LogP contribution in [0.15, 0.2) is 0 Å². The highest BCUT2D eigenvalue weighted by molar-refractivity contribution is 7.92. The van der Waals surface area contributed by atoms with E-state index < -0.39 is 9.84 Å². The quantitative estimate of drug-likeness (QED) is 0.800. The average molecular weight is 301 g/mol. The molecule has 2 aliphatic rings. The molecule has 0 aromatic rings. The fourth-order valence-electron chi connectivity index (χ4n) is 3.47. The Hall–Kier alpha value is -0.580. The Kier molecular flexibility index (Phi) is 5.10. The zero-order valence-corrected chi connectivity index (χ0v) is 13.5. The number of likely N-dealkylation sites (tertiary alicyclic amines) is 1. The number of piperidine rings is 1. The van der Waals surface area contributed by atoms with Gasteiger partial charge in [0.2, 0.25) is 5.91 Å². The molecule has 0 aromatic heterocycles. The van der Waals surface area contributed by atoms with Crippen LogP contribution in [0.5, 0.6) is 0 Å². The fourth-order valence-corrected chi connectivity index (χ4v) is 5.60. The van der Waals surface area contributed by atoms with Crippen LogP contribution >= 0.6 is 0 Å². The van der Waals surface area contributed by atoms with Crippen molar-refractivity contribution < 1.29 is 13.2 Å². The average Bonchev–Trinajstić information content (AvgIpc) is 2.90. The van der Waals surface area contributed by atoms with Crippen molar-refractivity contribution >= 4 is 15.7 Å². The van der Waals surface area contributed by atoms with Gasteiger partial charge in [0.25, 0.3) is 0 Å². The first-order chi connectivity index (χ1) is 9.40. The molecule has 0 aromatic carbocycles. The normalized spacial score (nSPS) is 22.6. The molecule has 0 atom stereocenters. The summed E-state index contributed by atoms with van der Waals surface area (Å²) < 4.78 is 24.5. The molecule has 0 spiro atoms. The van der Waals surface area contributed by atoms with E-state index in [1.54, 1.807) is 0 Å². The van der Waals surface area contributed by atoms with Gasteiger partial charge in [0.1, 0.15) is 0 Å². The van der Waals surface area contributed by atoms with E-state index >= 15 is 0 Å². The first kappa shape index (κ1) is 15.8. The van der Waals surface area contributed by atoms with Crippen LogP contribution in [0.4, 0.5) is 0 Å². The van der Waals surface area contributed by atoms with Gasteiger partial charge in [-0.15, -0.1) is 0 Å². The number of carbonyl (C=O) groups excluding carboxylic acids is 1. The molecule has 1 saturated carbocycles. The van der Waals surface area contributed by atoms with Gasteiger partial charge in [0, 0.05) is 19.0 Å². The van der Waals surface area contributed by atoms with Gasteiger partial charge < -0.3 is 4.90 Å². The molecule has 0 N–H and O–H groups in total. The lowest BCUT2D eigenvalue weighted by Crippen LogP contribution is -2.45. The number of rotatable bonds is 4. The molecule has 2 fully saturated rings. The Bertz CT molecular complexity index is 430. The standard InChI is InChI=1S/C15H27NO3S/c1-12(2)11-20(18,19)14-7-9-16(10-8-14)15(17)13-5-3-4-6-13/h12-14H,3-11H2,1-2H3. The van der Waals surface area contributed by atoms with Crippen LogP contribution in [-0.4, -0.2) is 43.3 Å². The number of amides is 1. The maximum atomic E-state index is 12.3. The maximum absolute atomic E-state index is 12.3. The van der Waals surface area contributed by atoms with Crippen LogP contribution in [0.25, 0.3) is 0 Å². The molecule has 0 unspecified atom stereocenters. The first-order valence-electron chi connectivity index (χ1n) is 7.90. The third-order valence-electron chi connectivity index (χ3n) is 4.53. The Morgan fingerprint density at radius 3 is 2.15 bits per heavy atom. The summed E-state index contributed by atoms with van der Waals surface area (Å²) in [5, 5.41) is -0.238. The number of hydrogen-bond acceptors (Lipinski definition) is 3. The van der Waals surface area contributed by atoms with E-state index in [4.69, 9.17) is 0 Å². The lowest BCUT2D eigenvalue weighted by atomic mass is 10.0. The number of nitrogens with zero attached hydrogens (tertiary/aromatic N) is 1. The van der Waals surface area contributed by atoms with Gasteiger partial charge in [-0.25, -0.2) is 8.42 Å². The third kappa shape index (κ3) is 3.74. The molecule has 0 radical (unpaired) electrons. The summed E-state index contributed by atoms with van der Waals surface area (Å²) in [6, 6.07) is 0. The Morgan fingerprint density at radius 1 is 1.10 bits per heavy atom. The summed E-state index contributed by atoms with van der Waals surface area (Å²) in [4.78, 5) is 14.2. The van der Waals surface area contributed by atoms with Crippen LogP contribution in [-0.2, 0) is 14.6 Å². The predicted molar refractivity (Wildman–Crippen MR) is 80.2 cm³/mol. The van der Waals surface area contributed by atoms with Crippen LogP contribution in [0.2, 0.25) is 0 Å². The highest BCUT2D eigenvalue weighted by Gasteiger charge is 2.34. The molecule has 20 heavy (non-hydrogen) atoms. The lowest BCUT2D eigenvalue weighted by Gasteiger charge is -2.33. The van der Waals surface area contributed by atoms with Crippen molar-refractivity contribution in [2.75, 3.05) is 18.8 Å². The van der Waals surface area contributed by atoms with Crippen LogP contribution < -0.4 is 0 Å². The predicted octanol–water partition coefficient (Wildman–Crippen LogP) is 2.24. The van der Waals surface area contributed by atoms with Crippen LogP contribution in [0.1, 0.15) is 52.4 Å². The number of sulfone groups is 1. The van der Waals surface area contributed by atoms with Crippen molar-refractivity contribution in [3.63, 3.8) is 0 Å².